The van der Waals surface area contributed by atoms with E-state index in [1.54, 1.807) is 19.1 Å². The van der Waals surface area contributed by atoms with Gasteiger partial charge in [0.1, 0.15) is 10.7 Å². The Balaban J connectivity index is 1.73. The second-order valence-electron chi connectivity index (χ2n) is 7.43. The van der Waals surface area contributed by atoms with Crippen molar-refractivity contribution >= 4 is 29.3 Å². The first kappa shape index (κ1) is 19.8. The number of carbonyl (C=O) groups excluding carboxylic acids is 2. The number of amides is 2. The Bertz CT molecular complexity index is 747. The quantitative estimate of drug-likeness (QED) is 0.812. The number of hydrogen-bond acceptors (Lipinski definition) is 4. The van der Waals surface area contributed by atoms with Crippen LogP contribution in [0.15, 0.2) is 34.9 Å². The Morgan fingerprint density at radius 1 is 1.15 bits per heavy atom. The average Bonchev–Trinajstić information content (AvgIpc) is 2.66. The van der Waals surface area contributed by atoms with Gasteiger partial charge >= 0.3 is 0 Å². The van der Waals surface area contributed by atoms with Gasteiger partial charge in [0, 0.05) is 11.8 Å². The Kier molecular flexibility index (Phi) is 6.47. The molecule has 2 aliphatic rings. The first-order valence-electron chi connectivity index (χ1n) is 9.65. The lowest BCUT2D eigenvalue weighted by Gasteiger charge is -2.34. The molecule has 2 N–H and O–H groups in total. The molecule has 1 aromatic rings. The van der Waals surface area contributed by atoms with E-state index in [-0.39, 0.29) is 17.9 Å². The zero-order valence-electron chi connectivity index (χ0n) is 16.2. The van der Waals surface area contributed by atoms with Crippen LogP contribution in [0.4, 0.5) is 5.69 Å². The minimum Gasteiger partial charge on any atom is -0.496 e. The van der Waals surface area contributed by atoms with Gasteiger partial charge < -0.3 is 15.4 Å². The highest BCUT2D eigenvalue weighted by molar-refractivity contribution is 8.04. The summed E-state index contributed by atoms with van der Waals surface area (Å²) in [5, 5.41) is 6.08. The summed E-state index contributed by atoms with van der Waals surface area (Å²) in [5.41, 5.74) is 1.03. The van der Waals surface area contributed by atoms with Crippen molar-refractivity contribution in [3.8, 4) is 0 Å². The molecule has 3 rings (SSSR count). The summed E-state index contributed by atoms with van der Waals surface area (Å²) in [4.78, 5) is 26.1. The van der Waals surface area contributed by atoms with Gasteiger partial charge in [0.15, 0.2) is 0 Å². The van der Waals surface area contributed by atoms with E-state index in [9.17, 15) is 9.59 Å². The number of rotatable bonds is 4. The highest BCUT2D eigenvalue weighted by Gasteiger charge is 2.29. The first-order valence-corrected chi connectivity index (χ1v) is 10.6. The van der Waals surface area contributed by atoms with Gasteiger partial charge in [-0.2, -0.15) is 0 Å². The lowest BCUT2D eigenvalue weighted by Crippen LogP contribution is -2.43. The van der Waals surface area contributed by atoms with E-state index in [0.29, 0.717) is 40.4 Å². The molecule has 5 nitrogen and oxygen atoms in total. The fraction of sp³-hybridized carbons (Fsp3) is 0.524. The highest BCUT2D eigenvalue weighted by atomic mass is 32.2. The Morgan fingerprint density at radius 3 is 2.70 bits per heavy atom. The van der Waals surface area contributed by atoms with E-state index in [1.165, 1.54) is 18.2 Å². The maximum atomic E-state index is 12.9. The third-order valence-corrected chi connectivity index (χ3v) is 6.75. The molecule has 0 radical (unpaired) electrons. The van der Waals surface area contributed by atoms with E-state index in [4.69, 9.17) is 4.74 Å². The lowest BCUT2D eigenvalue weighted by atomic mass is 9.78. The molecule has 0 bridgehead atoms. The summed E-state index contributed by atoms with van der Waals surface area (Å²) in [6.07, 6.45) is 3.36. The van der Waals surface area contributed by atoms with E-state index < -0.39 is 0 Å². The highest BCUT2D eigenvalue weighted by Crippen LogP contribution is 2.30. The number of anilines is 1. The number of thioether (sulfide) groups is 1. The molecule has 2 amide bonds. The predicted octanol–water partition coefficient (Wildman–Crippen LogP) is 4.17. The Morgan fingerprint density at radius 2 is 1.93 bits per heavy atom. The second-order valence-corrected chi connectivity index (χ2v) is 8.53. The fourth-order valence-electron chi connectivity index (χ4n) is 3.73. The normalized spacial score (nSPS) is 25.5. The molecule has 1 fully saturated rings. The zero-order chi connectivity index (χ0) is 19.4. The largest absolute Gasteiger partial charge is 0.496 e. The topological polar surface area (TPSA) is 67.4 Å². The fourth-order valence-corrected chi connectivity index (χ4v) is 4.55. The number of hydrogen-bond donors (Lipinski definition) is 2. The first-order chi connectivity index (χ1) is 13.0. The SMILES string of the molecule is CC1=C(C(=O)Nc2ccccc2C(=O)N[C@@H]2CCC[C@H](C)[C@@H]2C)SCCO1. The van der Waals surface area contributed by atoms with Gasteiger partial charge in [-0.25, -0.2) is 0 Å². The van der Waals surface area contributed by atoms with Crippen molar-refractivity contribution in [1.82, 2.24) is 5.32 Å². The molecule has 1 aromatic carbocycles. The molecule has 0 aromatic heterocycles. The standard InChI is InChI=1S/C21H28N2O3S/c1-13-7-6-10-17(14(13)2)22-20(24)16-8-4-5-9-18(16)23-21(25)19-15(3)26-11-12-27-19/h4-5,8-9,13-14,17H,6-7,10-12H2,1-3H3,(H,22,24)(H,23,25)/t13-,14-,17+/m0/s1. The molecule has 6 heteroatoms. The van der Waals surface area contributed by atoms with Gasteiger partial charge in [-0.3, -0.25) is 9.59 Å². The van der Waals surface area contributed by atoms with Crippen LogP contribution in [-0.4, -0.2) is 30.2 Å². The summed E-state index contributed by atoms with van der Waals surface area (Å²) in [7, 11) is 0. The molecule has 0 unspecified atom stereocenters. The minimum absolute atomic E-state index is 0.130. The van der Waals surface area contributed by atoms with E-state index >= 15 is 0 Å². The van der Waals surface area contributed by atoms with Crippen LogP contribution in [0.2, 0.25) is 0 Å². The lowest BCUT2D eigenvalue weighted by molar-refractivity contribution is -0.112. The van der Waals surface area contributed by atoms with Crippen LogP contribution >= 0.6 is 11.8 Å². The molecular weight excluding hydrogens is 360 g/mol. The van der Waals surface area contributed by atoms with Gasteiger partial charge in [-0.1, -0.05) is 38.8 Å². The zero-order valence-corrected chi connectivity index (χ0v) is 17.0. The smallest absolute Gasteiger partial charge is 0.265 e. The maximum absolute atomic E-state index is 12.9. The van der Waals surface area contributed by atoms with E-state index in [0.717, 1.165) is 18.6 Å². The van der Waals surface area contributed by atoms with Gasteiger partial charge in [0.25, 0.3) is 11.8 Å². The third kappa shape index (κ3) is 4.67. The summed E-state index contributed by atoms with van der Waals surface area (Å²) >= 11 is 1.48. The molecule has 1 aliphatic heterocycles. The van der Waals surface area contributed by atoms with Crippen LogP contribution in [0.5, 0.6) is 0 Å². The third-order valence-electron chi connectivity index (χ3n) is 5.62. The molecule has 0 spiro atoms. The minimum atomic E-state index is -0.225. The van der Waals surface area contributed by atoms with Crippen LogP contribution in [0.1, 0.15) is 50.4 Å². The van der Waals surface area contributed by atoms with E-state index in [1.807, 2.05) is 12.1 Å². The van der Waals surface area contributed by atoms with Crippen LogP contribution in [0.25, 0.3) is 0 Å². The Hall–Kier alpha value is -1.95. The van der Waals surface area contributed by atoms with Gasteiger partial charge in [0.05, 0.1) is 17.9 Å². The number of allylic oxidation sites excluding steroid dienone is 1. The molecule has 27 heavy (non-hydrogen) atoms. The van der Waals surface area contributed by atoms with Crippen LogP contribution in [0, 0.1) is 11.8 Å². The number of benzene rings is 1. The number of para-hydroxylation sites is 1. The molecule has 3 atom stereocenters. The summed E-state index contributed by atoms with van der Waals surface area (Å²) in [6, 6.07) is 7.35. The molecule has 1 saturated carbocycles. The molecule has 146 valence electrons. The van der Waals surface area contributed by atoms with Gasteiger partial charge in [0.2, 0.25) is 0 Å². The van der Waals surface area contributed by atoms with Crippen molar-refractivity contribution in [2.24, 2.45) is 11.8 Å². The monoisotopic (exact) mass is 388 g/mol. The number of carbonyl (C=O) groups is 2. The van der Waals surface area contributed by atoms with Crippen LogP contribution < -0.4 is 10.6 Å². The number of nitrogens with one attached hydrogen (secondary N) is 2. The Labute approximate surface area is 165 Å². The van der Waals surface area contributed by atoms with Crippen molar-refractivity contribution in [3.63, 3.8) is 0 Å². The molecule has 1 heterocycles. The number of ether oxygens (including phenoxy) is 1. The average molecular weight is 389 g/mol. The molecule has 1 aliphatic carbocycles. The van der Waals surface area contributed by atoms with Crippen molar-refractivity contribution in [2.75, 3.05) is 17.7 Å². The summed E-state index contributed by atoms with van der Waals surface area (Å²) in [5.74, 6) is 2.09. The summed E-state index contributed by atoms with van der Waals surface area (Å²) < 4.78 is 5.47. The maximum Gasteiger partial charge on any atom is 0.265 e. The van der Waals surface area contributed by atoms with Crippen molar-refractivity contribution in [2.45, 2.75) is 46.1 Å². The van der Waals surface area contributed by atoms with Crippen LogP contribution in [0.3, 0.4) is 0 Å². The van der Waals surface area contributed by atoms with E-state index in [2.05, 4.69) is 24.5 Å². The molecule has 0 saturated heterocycles. The predicted molar refractivity (Wildman–Crippen MR) is 110 cm³/mol. The van der Waals surface area contributed by atoms with Crippen molar-refractivity contribution in [3.05, 3.63) is 40.5 Å². The van der Waals surface area contributed by atoms with Crippen molar-refractivity contribution in [1.29, 1.82) is 0 Å². The van der Waals surface area contributed by atoms with Crippen LogP contribution in [-0.2, 0) is 9.53 Å². The van der Waals surface area contributed by atoms with Gasteiger partial charge in [-0.15, -0.1) is 11.8 Å². The molecular formula is C21H28N2O3S. The summed E-state index contributed by atoms with van der Waals surface area (Å²) in [6.45, 7) is 6.87. The second kappa shape index (κ2) is 8.83. The van der Waals surface area contributed by atoms with Crippen molar-refractivity contribution < 1.29 is 14.3 Å². The van der Waals surface area contributed by atoms with Gasteiger partial charge in [-0.05, 0) is 37.3 Å².